The fourth-order valence-corrected chi connectivity index (χ4v) is 3.61. The van der Waals surface area contributed by atoms with Gasteiger partial charge in [0.1, 0.15) is 0 Å². The van der Waals surface area contributed by atoms with Crippen molar-refractivity contribution in [1.82, 2.24) is 4.98 Å². The van der Waals surface area contributed by atoms with Crippen LogP contribution in [0.5, 0.6) is 0 Å². The van der Waals surface area contributed by atoms with E-state index >= 15 is 0 Å². The highest BCUT2D eigenvalue weighted by atomic mass is 19.4. The van der Waals surface area contributed by atoms with Crippen LogP contribution in [0, 0.1) is 0 Å². The minimum Gasteiger partial charge on any atom is -0.396 e. The van der Waals surface area contributed by atoms with Crippen LogP contribution < -0.4 is 10.5 Å². The van der Waals surface area contributed by atoms with Crippen molar-refractivity contribution in [2.24, 2.45) is 0 Å². The van der Waals surface area contributed by atoms with Crippen molar-refractivity contribution in [3.63, 3.8) is 0 Å². The number of alkyl halides is 3. The largest absolute Gasteiger partial charge is 0.417 e. The van der Waals surface area contributed by atoms with Crippen LogP contribution >= 0.6 is 0 Å². The number of fused-ring (bicyclic) bond motifs is 1. The van der Waals surface area contributed by atoms with E-state index in [1.54, 1.807) is 6.07 Å². The van der Waals surface area contributed by atoms with Gasteiger partial charge in [-0.1, -0.05) is 0 Å². The molecule has 0 bridgehead atoms. The molecule has 0 saturated carbocycles. The van der Waals surface area contributed by atoms with Crippen LogP contribution in [0.4, 0.5) is 18.9 Å². The first-order valence-corrected chi connectivity index (χ1v) is 7.94. The molecule has 3 rings (SSSR count). The Morgan fingerprint density at radius 2 is 2.04 bits per heavy atom. The first-order chi connectivity index (χ1) is 11.3. The second-order valence-corrected chi connectivity index (χ2v) is 6.27. The van der Waals surface area contributed by atoms with Crippen molar-refractivity contribution in [3.8, 4) is 0 Å². The lowest BCUT2D eigenvalue weighted by atomic mass is 10.1. The van der Waals surface area contributed by atoms with Crippen molar-refractivity contribution in [3.05, 3.63) is 40.2 Å². The van der Waals surface area contributed by atoms with Crippen molar-refractivity contribution in [1.29, 1.82) is 0 Å². The van der Waals surface area contributed by atoms with Gasteiger partial charge >= 0.3 is 6.18 Å². The Morgan fingerprint density at radius 1 is 1.29 bits per heavy atom. The Labute approximate surface area is 136 Å². The van der Waals surface area contributed by atoms with Gasteiger partial charge in [-0.2, -0.15) is 13.2 Å². The second-order valence-electron chi connectivity index (χ2n) is 6.27. The SMILES string of the molecule is C[C@H]1CC[C@H](CCO)N1c1ccc2[nH]c(=O)cc(C(F)(F)F)c2c1. The molecule has 130 valence electrons. The summed E-state index contributed by atoms with van der Waals surface area (Å²) in [4.78, 5) is 16.0. The molecule has 1 saturated heterocycles. The van der Waals surface area contributed by atoms with Crippen LogP contribution in [-0.4, -0.2) is 28.8 Å². The standard InChI is InChI=1S/C17H19F3N2O2/c1-10-2-3-11(6-7-23)22(10)12-4-5-15-13(8-12)14(17(18,19)20)9-16(24)21-15/h4-5,8-11,23H,2-3,6-7H2,1H3,(H,21,24)/t10-,11+/m0/s1. The minimum absolute atomic E-state index is 0.0125. The lowest BCUT2D eigenvalue weighted by Crippen LogP contribution is -2.35. The normalized spacial score (nSPS) is 21.6. The van der Waals surface area contributed by atoms with E-state index in [2.05, 4.69) is 9.88 Å². The van der Waals surface area contributed by atoms with Crippen LogP contribution in [0.2, 0.25) is 0 Å². The van der Waals surface area contributed by atoms with Gasteiger partial charge in [-0.3, -0.25) is 4.79 Å². The number of halogens is 3. The van der Waals surface area contributed by atoms with Crippen molar-refractivity contribution < 1.29 is 18.3 Å². The average molecular weight is 340 g/mol. The van der Waals surface area contributed by atoms with E-state index in [9.17, 15) is 23.1 Å². The van der Waals surface area contributed by atoms with Crippen LogP contribution in [-0.2, 0) is 6.18 Å². The third kappa shape index (κ3) is 3.00. The Morgan fingerprint density at radius 3 is 2.71 bits per heavy atom. The lowest BCUT2D eigenvalue weighted by Gasteiger charge is -2.31. The Hall–Kier alpha value is -2.02. The molecule has 1 aromatic heterocycles. The summed E-state index contributed by atoms with van der Waals surface area (Å²) in [6.07, 6.45) is -2.18. The van der Waals surface area contributed by atoms with Crippen LogP contribution in [0.15, 0.2) is 29.1 Å². The number of hydrogen-bond donors (Lipinski definition) is 2. The molecule has 2 aromatic rings. The summed E-state index contributed by atoms with van der Waals surface area (Å²) in [5.41, 5.74) is -0.837. The number of aromatic amines is 1. The number of rotatable bonds is 3. The summed E-state index contributed by atoms with van der Waals surface area (Å²) < 4.78 is 39.8. The zero-order valence-electron chi connectivity index (χ0n) is 13.2. The topological polar surface area (TPSA) is 56.3 Å². The molecule has 0 spiro atoms. The van der Waals surface area contributed by atoms with Gasteiger partial charge in [-0.05, 0) is 44.4 Å². The molecule has 24 heavy (non-hydrogen) atoms. The third-order valence-corrected chi connectivity index (χ3v) is 4.68. The monoisotopic (exact) mass is 340 g/mol. The lowest BCUT2D eigenvalue weighted by molar-refractivity contribution is -0.136. The summed E-state index contributed by atoms with van der Waals surface area (Å²) in [6.45, 7) is 2.07. The summed E-state index contributed by atoms with van der Waals surface area (Å²) >= 11 is 0. The maximum atomic E-state index is 13.3. The summed E-state index contributed by atoms with van der Waals surface area (Å²) in [5, 5.41) is 9.20. The number of pyridine rings is 1. The number of nitrogens with zero attached hydrogens (tertiary/aromatic N) is 1. The number of benzene rings is 1. The maximum absolute atomic E-state index is 13.3. The average Bonchev–Trinajstić information content (AvgIpc) is 2.86. The minimum atomic E-state index is -4.59. The van der Waals surface area contributed by atoms with Crippen molar-refractivity contribution in [2.75, 3.05) is 11.5 Å². The number of H-pyrrole nitrogens is 1. The molecular weight excluding hydrogens is 321 g/mol. The van der Waals surface area contributed by atoms with E-state index < -0.39 is 17.3 Å². The molecule has 1 fully saturated rings. The Kier molecular flexibility index (Phi) is 4.29. The van der Waals surface area contributed by atoms with Crippen molar-refractivity contribution in [2.45, 2.75) is 44.4 Å². The van der Waals surface area contributed by atoms with Crippen LogP contribution in [0.3, 0.4) is 0 Å². The molecule has 2 heterocycles. The number of aliphatic hydroxyl groups is 1. The van der Waals surface area contributed by atoms with E-state index in [1.807, 2.05) is 6.92 Å². The molecule has 1 aliphatic rings. The molecule has 2 N–H and O–H groups in total. The fraction of sp³-hybridized carbons (Fsp3) is 0.471. The summed E-state index contributed by atoms with van der Waals surface area (Å²) in [5.74, 6) is 0. The van der Waals surface area contributed by atoms with E-state index in [1.165, 1.54) is 12.1 Å². The summed E-state index contributed by atoms with van der Waals surface area (Å²) in [6, 6.07) is 5.63. The fourth-order valence-electron chi connectivity index (χ4n) is 3.61. The van der Waals surface area contributed by atoms with Gasteiger partial charge in [0, 0.05) is 41.3 Å². The zero-order valence-corrected chi connectivity index (χ0v) is 13.2. The maximum Gasteiger partial charge on any atom is 0.417 e. The van der Waals surface area contributed by atoms with E-state index in [0.29, 0.717) is 18.2 Å². The highest BCUT2D eigenvalue weighted by Crippen LogP contribution is 2.37. The van der Waals surface area contributed by atoms with Gasteiger partial charge in [0.15, 0.2) is 0 Å². The molecule has 0 unspecified atom stereocenters. The third-order valence-electron chi connectivity index (χ3n) is 4.68. The van der Waals surface area contributed by atoms with E-state index in [0.717, 1.165) is 12.8 Å². The molecule has 1 aliphatic heterocycles. The van der Waals surface area contributed by atoms with E-state index in [4.69, 9.17) is 0 Å². The van der Waals surface area contributed by atoms with Gasteiger partial charge in [0.25, 0.3) is 0 Å². The number of anilines is 1. The molecule has 1 aromatic carbocycles. The molecule has 0 aliphatic carbocycles. The van der Waals surface area contributed by atoms with Crippen molar-refractivity contribution >= 4 is 16.6 Å². The zero-order chi connectivity index (χ0) is 17.5. The smallest absolute Gasteiger partial charge is 0.396 e. The highest BCUT2D eigenvalue weighted by Gasteiger charge is 2.34. The van der Waals surface area contributed by atoms with Crippen LogP contribution in [0.1, 0.15) is 31.7 Å². The first kappa shape index (κ1) is 16.8. The second kappa shape index (κ2) is 6.12. The Balaban J connectivity index is 2.14. The predicted molar refractivity (Wildman–Crippen MR) is 86.2 cm³/mol. The molecular formula is C17H19F3N2O2. The predicted octanol–water partition coefficient (Wildman–Crippen LogP) is 3.29. The number of aliphatic hydroxyl groups excluding tert-OH is 1. The van der Waals surface area contributed by atoms with Gasteiger partial charge in [-0.15, -0.1) is 0 Å². The quantitative estimate of drug-likeness (QED) is 0.901. The van der Waals surface area contributed by atoms with Gasteiger partial charge in [0.2, 0.25) is 5.56 Å². The van der Waals surface area contributed by atoms with Gasteiger partial charge < -0.3 is 15.0 Å². The van der Waals surface area contributed by atoms with Crippen LogP contribution in [0.25, 0.3) is 10.9 Å². The number of nitrogens with one attached hydrogen (secondary N) is 1. The summed E-state index contributed by atoms with van der Waals surface area (Å²) in [7, 11) is 0. The molecule has 2 atom stereocenters. The number of aromatic nitrogens is 1. The van der Waals surface area contributed by atoms with E-state index in [-0.39, 0.29) is 29.6 Å². The molecule has 0 radical (unpaired) electrons. The molecule has 4 nitrogen and oxygen atoms in total. The van der Waals surface area contributed by atoms with Gasteiger partial charge in [0.05, 0.1) is 5.56 Å². The molecule has 7 heteroatoms. The van der Waals surface area contributed by atoms with Gasteiger partial charge in [-0.25, -0.2) is 0 Å². The number of hydrogen-bond acceptors (Lipinski definition) is 3. The first-order valence-electron chi connectivity index (χ1n) is 7.94. The highest BCUT2D eigenvalue weighted by molar-refractivity contribution is 5.86. The Bertz CT molecular complexity index is 799. The molecule has 0 amide bonds.